The molecule has 2 fully saturated rings. The van der Waals surface area contributed by atoms with Gasteiger partial charge in [0.25, 0.3) is 0 Å². The molecule has 2 saturated heterocycles. The Bertz CT molecular complexity index is 858. The van der Waals surface area contributed by atoms with E-state index >= 15 is 0 Å². The maximum atomic E-state index is 6.32. The molecule has 9 heteroatoms. The Hall–Kier alpha value is -1.36. The monoisotopic (exact) mass is 572 g/mol. The number of benzene rings is 1. The summed E-state index contributed by atoms with van der Waals surface area (Å²) in [5.74, 6) is 1.56. The predicted molar refractivity (Wildman–Crippen MR) is 140 cm³/mol. The second kappa shape index (κ2) is 12.2. The second-order valence-electron chi connectivity index (χ2n) is 8.44. The molecule has 3 unspecified atom stereocenters. The molecule has 176 valence electrons. The molecule has 2 aromatic rings. The van der Waals surface area contributed by atoms with E-state index in [2.05, 4.69) is 54.9 Å². The van der Waals surface area contributed by atoms with Crippen LogP contribution in [0.25, 0.3) is 0 Å². The highest BCUT2D eigenvalue weighted by atomic mass is 127. The molecule has 32 heavy (non-hydrogen) atoms. The number of halogens is 2. The number of hydrogen-bond donors (Lipinski definition) is 1. The number of rotatable bonds is 5. The van der Waals surface area contributed by atoms with Gasteiger partial charge in [0.2, 0.25) is 0 Å². The second-order valence-corrected chi connectivity index (χ2v) is 8.87. The van der Waals surface area contributed by atoms with Crippen LogP contribution in [0, 0.1) is 5.92 Å². The quantitative estimate of drug-likeness (QED) is 0.337. The molecule has 0 saturated carbocycles. The number of likely N-dealkylation sites (tertiary alicyclic amines) is 1. The molecule has 1 aromatic carbocycles. The minimum atomic E-state index is 0. The van der Waals surface area contributed by atoms with E-state index in [1.807, 2.05) is 31.7 Å². The number of hydrogen-bond acceptors (Lipinski definition) is 4. The first-order valence-corrected chi connectivity index (χ1v) is 11.5. The molecule has 0 amide bonds. The van der Waals surface area contributed by atoms with Gasteiger partial charge in [-0.2, -0.15) is 0 Å². The fourth-order valence-electron chi connectivity index (χ4n) is 4.68. The van der Waals surface area contributed by atoms with Gasteiger partial charge in [0.15, 0.2) is 5.96 Å². The number of nitrogens with one attached hydrogen (secondary N) is 1. The minimum Gasteiger partial charge on any atom is -0.379 e. The molecule has 0 radical (unpaired) electrons. The van der Waals surface area contributed by atoms with Crippen LogP contribution in [-0.4, -0.2) is 78.3 Å². The highest BCUT2D eigenvalue weighted by Crippen LogP contribution is 2.28. The number of nitrogens with zero attached hydrogens (tertiary/aromatic N) is 5. The van der Waals surface area contributed by atoms with Crippen molar-refractivity contribution in [1.82, 2.24) is 24.7 Å². The summed E-state index contributed by atoms with van der Waals surface area (Å²) in [5.41, 5.74) is 1.22. The number of guanidine groups is 1. The minimum absolute atomic E-state index is 0. The lowest BCUT2D eigenvalue weighted by atomic mass is 9.93. The van der Waals surface area contributed by atoms with Crippen LogP contribution in [0.1, 0.15) is 31.0 Å². The number of aliphatic imine (C=N–C) groups is 1. The Morgan fingerprint density at radius 3 is 2.81 bits per heavy atom. The summed E-state index contributed by atoms with van der Waals surface area (Å²) in [5, 5.41) is 4.43. The largest absolute Gasteiger partial charge is 0.379 e. The molecule has 7 nitrogen and oxygen atoms in total. The summed E-state index contributed by atoms with van der Waals surface area (Å²) in [4.78, 5) is 13.7. The van der Waals surface area contributed by atoms with Crippen molar-refractivity contribution < 1.29 is 4.74 Å². The lowest BCUT2D eigenvalue weighted by molar-refractivity contribution is 0.0168. The van der Waals surface area contributed by atoms with Gasteiger partial charge in [0.1, 0.15) is 0 Å². The van der Waals surface area contributed by atoms with E-state index in [0.29, 0.717) is 12.0 Å². The third-order valence-corrected chi connectivity index (χ3v) is 6.75. The van der Waals surface area contributed by atoms with Crippen LogP contribution < -0.4 is 5.32 Å². The van der Waals surface area contributed by atoms with Gasteiger partial charge in [-0.25, -0.2) is 4.98 Å². The molecular formula is C23H34ClIN6O. The van der Waals surface area contributed by atoms with Crippen LogP contribution in [0.3, 0.4) is 0 Å². The van der Waals surface area contributed by atoms with Crippen molar-refractivity contribution in [2.45, 2.75) is 25.4 Å². The molecule has 0 aliphatic carbocycles. The van der Waals surface area contributed by atoms with Crippen LogP contribution in [0.5, 0.6) is 0 Å². The summed E-state index contributed by atoms with van der Waals surface area (Å²) in [6, 6.07) is 8.81. The lowest BCUT2D eigenvalue weighted by Crippen LogP contribution is -2.51. The smallest absolute Gasteiger partial charge is 0.193 e. The standard InChI is InChI=1S/C23H33ClN6O.HI/c1-18-6-8-29(16-22(18)30-9-7-26-17-30)23(25-2)27-15-21(28-10-12-31-13-11-28)19-4-3-5-20(24)14-19;/h3-5,7,9,14,17-18,21-22H,6,8,10-13,15-16H2,1-2H3,(H,25,27);1H. The molecule has 3 atom stereocenters. The van der Waals surface area contributed by atoms with E-state index in [4.69, 9.17) is 16.3 Å². The van der Waals surface area contributed by atoms with Gasteiger partial charge in [0.05, 0.1) is 31.6 Å². The van der Waals surface area contributed by atoms with Gasteiger partial charge < -0.3 is 19.5 Å². The fourth-order valence-corrected chi connectivity index (χ4v) is 4.87. The first kappa shape index (κ1) is 25.3. The summed E-state index contributed by atoms with van der Waals surface area (Å²) in [6.07, 6.45) is 6.98. The van der Waals surface area contributed by atoms with Crippen LogP contribution >= 0.6 is 35.6 Å². The van der Waals surface area contributed by atoms with Crippen molar-refractivity contribution in [2.24, 2.45) is 10.9 Å². The van der Waals surface area contributed by atoms with Gasteiger partial charge in [-0.15, -0.1) is 24.0 Å². The van der Waals surface area contributed by atoms with E-state index < -0.39 is 0 Å². The summed E-state index contributed by atoms with van der Waals surface area (Å²) >= 11 is 6.32. The summed E-state index contributed by atoms with van der Waals surface area (Å²) in [6.45, 7) is 8.40. The molecule has 1 N–H and O–H groups in total. The van der Waals surface area contributed by atoms with Gasteiger partial charge in [-0.3, -0.25) is 9.89 Å². The maximum absolute atomic E-state index is 6.32. The van der Waals surface area contributed by atoms with E-state index in [9.17, 15) is 0 Å². The van der Waals surface area contributed by atoms with Crippen molar-refractivity contribution in [2.75, 3.05) is 53.0 Å². The number of piperidine rings is 1. The molecule has 0 bridgehead atoms. The normalized spacial score (nSPS) is 23.5. The SMILES string of the molecule is CN=C(NCC(c1cccc(Cl)c1)N1CCOCC1)N1CCC(C)C(n2ccnc2)C1.I. The maximum Gasteiger partial charge on any atom is 0.193 e. The van der Waals surface area contributed by atoms with Crippen molar-refractivity contribution in [3.8, 4) is 0 Å². The van der Waals surface area contributed by atoms with Crippen molar-refractivity contribution in [3.63, 3.8) is 0 Å². The Morgan fingerprint density at radius 2 is 2.12 bits per heavy atom. The summed E-state index contributed by atoms with van der Waals surface area (Å²) < 4.78 is 7.81. The third-order valence-electron chi connectivity index (χ3n) is 6.51. The zero-order valence-electron chi connectivity index (χ0n) is 18.9. The van der Waals surface area contributed by atoms with Gasteiger partial charge in [-0.05, 0) is 30.0 Å². The van der Waals surface area contributed by atoms with E-state index in [1.165, 1.54) is 5.56 Å². The number of imidazole rings is 1. The topological polar surface area (TPSA) is 57.9 Å². The lowest BCUT2D eigenvalue weighted by Gasteiger charge is -2.40. The highest BCUT2D eigenvalue weighted by Gasteiger charge is 2.30. The van der Waals surface area contributed by atoms with Crippen LogP contribution in [-0.2, 0) is 4.74 Å². The molecule has 2 aliphatic rings. The molecule has 4 rings (SSSR count). The molecule has 0 spiro atoms. The van der Waals surface area contributed by atoms with Gasteiger partial charge in [-0.1, -0.05) is 30.7 Å². The van der Waals surface area contributed by atoms with Gasteiger partial charge in [0, 0.05) is 57.2 Å². The molecule has 3 heterocycles. The first-order chi connectivity index (χ1) is 15.2. The predicted octanol–water partition coefficient (Wildman–Crippen LogP) is 3.69. The van der Waals surface area contributed by atoms with Gasteiger partial charge >= 0.3 is 0 Å². The van der Waals surface area contributed by atoms with Crippen molar-refractivity contribution in [3.05, 3.63) is 53.6 Å². The fraction of sp³-hybridized carbons (Fsp3) is 0.565. The Kier molecular flexibility index (Phi) is 9.63. The highest BCUT2D eigenvalue weighted by molar-refractivity contribution is 14.0. The summed E-state index contributed by atoms with van der Waals surface area (Å²) in [7, 11) is 1.87. The molecular weight excluding hydrogens is 539 g/mol. The van der Waals surface area contributed by atoms with E-state index in [0.717, 1.165) is 63.3 Å². The van der Waals surface area contributed by atoms with E-state index in [1.54, 1.807) is 0 Å². The van der Waals surface area contributed by atoms with Crippen LogP contribution in [0.15, 0.2) is 48.0 Å². The number of ether oxygens (including phenoxy) is 1. The number of aromatic nitrogens is 2. The zero-order chi connectivity index (χ0) is 21.6. The van der Waals surface area contributed by atoms with Crippen molar-refractivity contribution >= 4 is 41.5 Å². The molecule has 1 aromatic heterocycles. The van der Waals surface area contributed by atoms with Crippen LogP contribution in [0.2, 0.25) is 5.02 Å². The average Bonchev–Trinajstić information content (AvgIpc) is 3.33. The average molecular weight is 573 g/mol. The van der Waals surface area contributed by atoms with Crippen molar-refractivity contribution in [1.29, 1.82) is 0 Å². The Balaban J connectivity index is 0.00000289. The zero-order valence-corrected chi connectivity index (χ0v) is 21.9. The molecule has 2 aliphatic heterocycles. The first-order valence-electron chi connectivity index (χ1n) is 11.2. The Labute approximate surface area is 213 Å². The van der Waals surface area contributed by atoms with E-state index in [-0.39, 0.29) is 30.0 Å². The number of morpholine rings is 1. The third kappa shape index (κ3) is 6.15. The Morgan fingerprint density at radius 1 is 1.31 bits per heavy atom. The van der Waals surface area contributed by atoms with Crippen LogP contribution in [0.4, 0.5) is 0 Å².